The molecule has 10 atom stereocenters. The van der Waals surface area contributed by atoms with Crippen molar-refractivity contribution in [2.45, 2.75) is 105 Å². The summed E-state index contributed by atoms with van der Waals surface area (Å²) in [6.07, 6.45) is 10.5. The van der Waals surface area contributed by atoms with Crippen LogP contribution in [-0.4, -0.2) is 45.7 Å². The molecule has 198 valence electrons. The Kier molecular flexibility index (Phi) is 5.73. The number of carboxylic acid groups (broad SMARTS) is 1. The zero-order chi connectivity index (χ0) is 25.7. The van der Waals surface area contributed by atoms with Gasteiger partial charge in [-0.1, -0.05) is 46.3 Å². The lowest BCUT2D eigenvalue weighted by Crippen LogP contribution is -2.66. The van der Waals surface area contributed by atoms with Crippen LogP contribution in [0, 0.1) is 50.2 Å². The standard InChI is InChI=1S/C30H48O5/c1-25(17-31)12-14-30(24(34)35)15-13-28(4)19(20(30)16-25)6-7-22-26(2)10-9-23(33)27(3,18-32)21(26)8-11-29(22,28)5/h6,20-23,31-33H,7-18H2,1-5H3,(H,34,35)/t20-,21?,22-,23+,25?,26+,27?,28-,29-,30+/m1/s1. The highest BCUT2D eigenvalue weighted by molar-refractivity contribution is 5.76. The van der Waals surface area contributed by atoms with Crippen LogP contribution in [0.15, 0.2) is 11.6 Å². The van der Waals surface area contributed by atoms with Gasteiger partial charge in [0.05, 0.1) is 18.1 Å². The lowest BCUT2D eigenvalue weighted by Gasteiger charge is -2.71. The number of aliphatic hydroxyl groups is 3. The molecule has 4 N–H and O–H groups in total. The summed E-state index contributed by atoms with van der Waals surface area (Å²) in [7, 11) is 0. The topological polar surface area (TPSA) is 98.0 Å². The second-order valence-corrected chi connectivity index (χ2v) is 14.7. The van der Waals surface area contributed by atoms with Gasteiger partial charge in [0.25, 0.3) is 0 Å². The maximum Gasteiger partial charge on any atom is 0.310 e. The highest BCUT2D eigenvalue weighted by Gasteiger charge is 2.69. The third kappa shape index (κ3) is 3.07. The average molecular weight is 489 g/mol. The van der Waals surface area contributed by atoms with E-state index in [2.05, 4.69) is 40.7 Å². The van der Waals surface area contributed by atoms with E-state index in [1.54, 1.807) is 0 Å². The Hall–Kier alpha value is -0.910. The SMILES string of the molecule is CC1(CO)CC[C@]2(C(=O)O)CC[C@]3(C)C(=CC[C@@H]4[C@@]5(C)CC[C@H](O)C(C)(CO)C5CC[C@]43C)[C@H]2C1. The van der Waals surface area contributed by atoms with Crippen molar-refractivity contribution >= 4 is 5.97 Å². The molecule has 0 aromatic rings. The van der Waals surface area contributed by atoms with Crippen molar-refractivity contribution in [2.24, 2.45) is 50.2 Å². The fourth-order valence-corrected chi connectivity index (χ4v) is 10.7. The molecule has 5 aliphatic rings. The molecular weight excluding hydrogens is 440 g/mol. The predicted octanol–water partition coefficient (Wildman–Crippen LogP) is 5.18. The van der Waals surface area contributed by atoms with Crippen molar-refractivity contribution in [3.05, 3.63) is 11.6 Å². The molecule has 0 radical (unpaired) electrons. The van der Waals surface area contributed by atoms with E-state index in [0.29, 0.717) is 12.3 Å². The second-order valence-electron chi connectivity index (χ2n) is 14.7. The number of carboxylic acids is 1. The number of rotatable bonds is 3. The molecule has 0 aromatic carbocycles. The highest BCUT2D eigenvalue weighted by atomic mass is 16.4. The summed E-state index contributed by atoms with van der Waals surface area (Å²) in [5, 5.41) is 42.0. The van der Waals surface area contributed by atoms with E-state index < -0.39 is 22.9 Å². The minimum atomic E-state index is -0.700. The van der Waals surface area contributed by atoms with Gasteiger partial charge in [-0.05, 0) is 104 Å². The van der Waals surface area contributed by atoms with Gasteiger partial charge in [0.15, 0.2) is 0 Å². The quantitative estimate of drug-likeness (QED) is 0.411. The molecule has 5 aliphatic carbocycles. The average Bonchev–Trinajstić information content (AvgIpc) is 2.82. The van der Waals surface area contributed by atoms with E-state index >= 15 is 0 Å². The van der Waals surface area contributed by atoms with E-state index in [1.165, 1.54) is 5.57 Å². The van der Waals surface area contributed by atoms with E-state index in [4.69, 9.17) is 0 Å². The van der Waals surface area contributed by atoms with Gasteiger partial charge in [-0.3, -0.25) is 4.79 Å². The molecule has 0 amide bonds. The van der Waals surface area contributed by atoms with Crippen LogP contribution in [-0.2, 0) is 4.79 Å². The van der Waals surface area contributed by atoms with Crippen LogP contribution < -0.4 is 0 Å². The molecule has 0 spiro atoms. The Bertz CT molecular complexity index is 930. The van der Waals surface area contributed by atoms with E-state index in [1.807, 2.05) is 0 Å². The van der Waals surface area contributed by atoms with Gasteiger partial charge in [0.1, 0.15) is 0 Å². The third-order valence-electron chi connectivity index (χ3n) is 13.4. The van der Waals surface area contributed by atoms with Crippen molar-refractivity contribution in [3.8, 4) is 0 Å². The van der Waals surface area contributed by atoms with Crippen LogP contribution in [0.5, 0.6) is 0 Å². The number of aliphatic hydroxyl groups excluding tert-OH is 3. The highest BCUT2D eigenvalue weighted by Crippen LogP contribution is 2.75. The first kappa shape index (κ1) is 25.7. The summed E-state index contributed by atoms with van der Waals surface area (Å²) in [6, 6.07) is 0. The number of fused-ring (bicyclic) bond motifs is 7. The summed E-state index contributed by atoms with van der Waals surface area (Å²) < 4.78 is 0. The van der Waals surface area contributed by atoms with Crippen LogP contribution in [0.2, 0.25) is 0 Å². The van der Waals surface area contributed by atoms with E-state index in [9.17, 15) is 25.2 Å². The lowest BCUT2D eigenvalue weighted by atomic mass is 9.33. The molecule has 4 fully saturated rings. The molecule has 0 saturated heterocycles. The molecule has 0 heterocycles. The van der Waals surface area contributed by atoms with Crippen LogP contribution >= 0.6 is 0 Å². The first-order chi connectivity index (χ1) is 16.3. The van der Waals surface area contributed by atoms with Gasteiger partial charge in [0, 0.05) is 12.0 Å². The molecule has 0 bridgehead atoms. The Labute approximate surface area is 211 Å². The van der Waals surface area contributed by atoms with Crippen molar-refractivity contribution < 1.29 is 25.2 Å². The maximum absolute atomic E-state index is 12.8. The molecule has 5 rings (SSSR count). The van der Waals surface area contributed by atoms with Crippen LogP contribution in [0.25, 0.3) is 0 Å². The fourth-order valence-electron chi connectivity index (χ4n) is 10.7. The van der Waals surface area contributed by atoms with E-state index in [0.717, 1.165) is 57.8 Å². The number of carbonyl (C=O) groups is 1. The molecule has 35 heavy (non-hydrogen) atoms. The van der Waals surface area contributed by atoms with Gasteiger partial charge in [0.2, 0.25) is 0 Å². The normalized spacial score (nSPS) is 55.6. The van der Waals surface area contributed by atoms with E-state index in [-0.39, 0.29) is 46.7 Å². The van der Waals surface area contributed by atoms with Crippen molar-refractivity contribution in [3.63, 3.8) is 0 Å². The third-order valence-corrected chi connectivity index (χ3v) is 13.4. The molecular formula is C30H48O5. The largest absolute Gasteiger partial charge is 0.481 e. The second kappa shape index (κ2) is 7.80. The van der Waals surface area contributed by atoms with Gasteiger partial charge >= 0.3 is 5.97 Å². The van der Waals surface area contributed by atoms with Gasteiger partial charge < -0.3 is 20.4 Å². The fraction of sp³-hybridized carbons (Fsp3) is 0.900. The number of hydrogen-bond acceptors (Lipinski definition) is 4. The van der Waals surface area contributed by atoms with Crippen molar-refractivity contribution in [1.29, 1.82) is 0 Å². The maximum atomic E-state index is 12.8. The molecule has 3 unspecified atom stereocenters. The molecule has 5 nitrogen and oxygen atoms in total. The number of allylic oxidation sites excluding steroid dienone is 2. The van der Waals surface area contributed by atoms with Crippen LogP contribution in [0.4, 0.5) is 0 Å². The Morgan fingerprint density at radius 3 is 2.23 bits per heavy atom. The van der Waals surface area contributed by atoms with Crippen LogP contribution in [0.3, 0.4) is 0 Å². The molecule has 0 aliphatic heterocycles. The van der Waals surface area contributed by atoms with Crippen molar-refractivity contribution in [2.75, 3.05) is 13.2 Å². The van der Waals surface area contributed by atoms with Crippen molar-refractivity contribution in [1.82, 2.24) is 0 Å². The first-order valence-electron chi connectivity index (χ1n) is 14.1. The summed E-state index contributed by atoms with van der Waals surface area (Å²) in [5.41, 5.74) is 0.0261. The Morgan fingerprint density at radius 2 is 1.60 bits per heavy atom. The summed E-state index contributed by atoms with van der Waals surface area (Å²) >= 11 is 0. The minimum absolute atomic E-state index is 0.0103. The predicted molar refractivity (Wildman–Crippen MR) is 136 cm³/mol. The summed E-state index contributed by atoms with van der Waals surface area (Å²) in [5.74, 6) is 0.0812. The summed E-state index contributed by atoms with van der Waals surface area (Å²) in [6.45, 7) is 11.7. The summed E-state index contributed by atoms with van der Waals surface area (Å²) in [4.78, 5) is 12.8. The van der Waals surface area contributed by atoms with Gasteiger partial charge in [-0.25, -0.2) is 0 Å². The molecule has 0 aromatic heterocycles. The zero-order valence-electron chi connectivity index (χ0n) is 22.6. The van der Waals surface area contributed by atoms with Crippen LogP contribution in [0.1, 0.15) is 98.8 Å². The smallest absolute Gasteiger partial charge is 0.310 e. The zero-order valence-corrected chi connectivity index (χ0v) is 22.6. The first-order valence-corrected chi connectivity index (χ1v) is 14.1. The minimum Gasteiger partial charge on any atom is -0.481 e. The van der Waals surface area contributed by atoms with Gasteiger partial charge in [-0.15, -0.1) is 0 Å². The lowest BCUT2D eigenvalue weighted by molar-refractivity contribution is -0.216. The van der Waals surface area contributed by atoms with Gasteiger partial charge in [-0.2, -0.15) is 0 Å². The monoisotopic (exact) mass is 488 g/mol. The number of hydrogen-bond donors (Lipinski definition) is 4. The Morgan fingerprint density at radius 1 is 0.914 bits per heavy atom. The molecule has 4 saturated carbocycles. The molecule has 5 heteroatoms. The Balaban J connectivity index is 1.59. The number of aliphatic carboxylic acids is 1.